The van der Waals surface area contributed by atoms with Gasteiger partial charge in [-0.2, -0.15) is 5.26 Å². The largest absolute Gasteiger partial charge is 0.372 e. The number of nitriles is 1. The monoisotopic (exact) mass is 209 g/mol. The second-order valence-electron chi connectivity index (χ2n) is 3.49. The van der Waals surface area contributed by atoms with Crippen molar-refractivity contribution in [2.45, 2.75) is 12.5 Å². The summed E-state index contributed by atoms with van der Waals surface area (Å²) in [7, 11) is 0. The van der Waals surface area contributed by atoms with Gasteiger partial charge in [0.15, 0.2) is 11.6 Å². The highest BCUT2D eigenvalue weighted by molar-refractivity contribution is 5.23. The number of halogens is 2. The average Bonchev–Trinajstić information content (AvgIpc) is 2.70. The molecule has 2 rings (SSSR count). The van der Waals surface area contributed by atoms with E-state index >= 15 is 0 Å². The maximum absolute atomic E-state index is 13.0. The second kappa shape index (κ2) is 3.95. The van der Waals surface area contributed by atoms with Crippen LogP contribution < -0.4 is 0 Å². The summed E-state index contributed by atoms with van der Waals surface area (Å²) in [4.78, 5) is 0. The molecule has 15 heavy (non-hydrogen) atoms. The summed E-state index contributed by atoms with van der Waals surface area (Å²) in [6.07, 6.45) is 0.213. The number of nitrogens with zero attached hydrogens (tertiary/aromatic N) is 1. The maximum Gasteiger partial charge on any atom is 0.159 e. The highest BCUT2D eigenvalue weighted by atomic mass is 19.2. The van der Waals surface area contributed by atoms with Crippen LogP contribution in [0.2, 0.25) is 0 Å². The molecule has 2 nitrogen and oxygen atoms in total. The van der Waals surface area contributed by atoms with Crippen LogP contribution in [-0.2, 0) is 4.74 Å². The van der Waals surface area contributed by atoms with E-state index in [1.807, 2.05) is 0 Å². The van der Waals surface area contributed by atoms with Crippen molar-refractivity contribution in [1.82, 2.24) is 0 Å². The Morgan fingerprint density at radius 3 is 2.80 bits per heavy atom. The fraction of sp³-hybridized carbons (Fsp3) is 0.364. The minimum atomic E-state index is -0.903. The van der Waals surface area contributed by atoms with Crippen molar-refractivity contribution >= 4 is 0 Å². The lowest BCUT2D eigenvalue weighted by Gasteiger charge is -2.13. The summed E-state index contributed by atoms with van der Waals surface area (Å²) < 4.78 is 31.0. The molecule has 2 unspecified atom stereocenters. The van der Waals surface area contributed by atoms with E-state index in [1.54, 1.807) is 0 Å². The number of hydrogen-bond acceptors (Lipinski definition) is 2. The lowest BCUT2D eigenvalue weighted by atomic mass is 9.97. The molecule has 0 aliphatic carbocycles. The second-order valence-corrected chi connectivity index (χ2v) is 3.49. The van der Waals surface area contributed by atoms with E-state index in [9.17, 15) is 8.78 Å². The normalized spacial score (nSPS) is 25.1. The fourth-order valence-corrected chi connectivity index (χ4v) is 1.74. The van der Waals surface area contributed by atoms with E-state index in [0.29, 0.717) is 18.6 Å². The fourth-order valence-electron chi connectivity index (χ4n) is 1.74. The first kappa shape index (κ1) is 10.1. The van der Waals surface area contributed by atoms with Gasteiger partial charge in [0, 0.05) is 6.61 Å². The summed E-state index contributed by atoms with van der Waals surface area (Å²) >= 11 is 0. The van der Waals surface area contributed by atoms with Gasteiger partial charge in [0.05, 0.1) is 18.1 Å². The van der Waals surface area contributed by atoms with Crippen LogP contribution in [0.1, 0.15) is 18.1 Å². The Morgan fingerprint density at radius 1 is 1.33 bits per heavy atom. The predicted octanol–water partition coefficient (Wildman–Crippen LogP) is 2.57. The lowest BCUT2D eigenvalue weighted by molar-refractivity contribution is 0.100. The van der Waals surface area contributed by atoms with E-state index in [4.69, 9.17) is 10.00 Å². The quantitative estimate of drug-likeness (QED) is 0.712. The third kappa shape index (κ3) is 1.83. The summed E-state index contributed by atoms with van der Waals surface area (Å²) in [5.41, 5.74) is 0.526. The number of rotatable bonds is 1. The van der Waals surface area contributed by atoms with Gasteiger partial charge in [-0.3, -0.25) is 0 Å². The summed E-state index contributed by atoms with van der Waals surface area (Å²) in [5, 5.41) is 8.82. The molecule has 1 fully saturated rings. The standard InChI is InChI=1S/C11H9F2NO/c12-9-2-1-7(5-10(9)13)11-8(6-14)3-4-15-11/h1-2,5,8,11H,3-4H2. The first-order valence-electron chi connectivity index (χ1n) is 4.68. The van der Waals surface area contributed by atoms with Crippen LogP contribution in [0, 0.1) is 28.9 Å². The van der Waals surface area contributed by atoms with Crippen molar-refractivity contribution in [3.05, 3.63) is 35.4 Å². The topological polar surface area (TPSA) is 33.0 Å². The van der Waals surface area contributed by atoms with Crippen molar-refractivity contribution in [2.75, 3.05) is 6.61 Å². The molecule has 2 atom stereocenters. The Hall–Kier alpha value is -1.47. The van der Waals surface area contributed by atoms with Crippen molar-refractivity contribution < 1.29 is 13.5 Å². The average molecular weight is 209 g/mol. The number of hydrogen-bond donors (Lipinski definition) is 0. The van der Waals surface area contributed by atoms with Crippen molar-refractivity contribution in [2.24, 2.45) is 5.92 Å². The van der Waals surface area contributed by atoms with Crippen LogP contribution in [-0.4, -0.2) is 6.61 Å². The molecule has 0 bridgehead atoms. The lowest BCUT2D eigenvalue weighted by Crippen LogP contribution is -2.06. The van der Waals surface area contributed by atoms with Gasteiger partial charge in [0.2, 0.25) is 0 Å². The molecule has 0 spiro atoms. The Morgan fingerprint density at radius 2 is 2.13 bits per heavy atom. The molecule has 1 aliphatic rings. The van der Waals surface area contributed by atoms with E-state index in [2.05, 4.69) is 6.07 Å². The first-order chi connectivity index (χ1) is 7.22. The minimum absolute atomic E-state index is 0.269. The van der Waals surface area contributed by atoms with Crippen LogP contribution in [0.5, 0.6) is 0 Å². The SMILES string of the molecule is N#CC1CCOC1c1ccc(F)c(F)c1. The summed E-state index contributed by atoms with van der Waals surface area (Å²) in [5.74, 6) is -2.06. The van der Waals surface area contributed by atoms with Crippen LogP contribution in [0.15, 0.2) is 18.2 Å². The molecule has 4 heteroatoms. The number of benzene rings is 1. The Labute approximate surface area is 86.1 Å². The van der Waals surface area contributed by atoms with Gasteiger partial charge >= 0.3 is 0 Å². The smallest absolute Gasteiger partial charge is 0.159 e. The third-order valence-corrected chi connectivity index (χ3v) is 2.53. The molecule has 1 aromatic rings. The van der Waals surface area contributed by atoms with Crippen molar-refractivity contribution in [3.8, 4) is 6.07 Å². The zero-order chi connectivity index (χ0) is 10.8. The molecule has 0 N–H and O–H groups in total. The van der Waals surface area contributed by atoms with Crippen LogP contribution in [0.4, 0.5) is 8.78 Å². The van der Waals surface area contributed by atoms with Crippen LogP contribution in [0.25, 0.3) is 0 Å². The molecule has 0 amide bonds. The molecule has 1 aliphatic heterocycles. The van der Waals surface area contributed by atoms with Crippen molar-refractivity contribution in [3.63, 3.8) is 0 Å². The molecule has 1 saturated heterocycles. The van der Waals surface area contributed by atoms with E-state index < -0.39 is 17.7 Å². The van der Waals surface area contributed by atoms with Gasteiger partial charge in [0.25, 0.3) is 0 Å². The third-order valence-electron chi connectivity index (χ3n) is 2.53. The van der Waals surface area contributed by atoms with E-state index in [-0.39, 0.29) is 5.92 Å². The van der Waals surface area contributed by atoms with Gasteiger partial charge < -0.3 is 4.74 Å². The highest BCUT2D eigenvalue weighted by Crippen LogP contribution is 2.34. The van der Waals surface area contributed by atoms with Crippen molar-refractivity contribution in [1.29, 1.82) is 5.26 Å². The zero-order valence-electron chi connectivity index (χ0n) is 7.91. The molecule has 0 saturated carbocycles. The van der Waals surface area contributed by atoms with E-state index in [1.165, 1.54) is 6.07 Å². The van der Waals surface area contributed by atoms with Crippen LogP contribution >= 0.6 is 0 Å². The zero-order valence-corrected chi connectivity index (χ0v) is 7.91. The minimum Gasteiger partial charge on any atom is -0.372 e. The molecule has 78 valence electrons. The maximum atomic E-state index is 13.0. The van der Waals surface area contributed by atoms with Gasteiger partial charge in [-0.05, 0) is 24.1 Å². The molecule has 1 aromatic carbocycles. The number of ether oxygens (including phenoxy) is 1. The summed E-state index contributed by atoms with van der Waals surface area (Å²) in [6.45, 7) is 0.488. The molecular formula is C11H9F2NO. The predicted molar refractivity (Wildman–Crippen MR) is 48.8 cm³/mol. The highest BCUT2D eigenvalue weighted by Gasteiger charge is 2.29. The van der Waals surface area contributed by atoms with Gasteiger partial charge in [-0.15, -0.1) is 0 Å². The molecule has 0 radical (unpaired) electrons. The molecular weight excluding hydrogens is 200 g/mol. The Kier molecular flexibility index (Phi) is 2.65. The Balaban J connectivity index is 2.30. The Bertz CT molecular complexity index is 414. The molecule has 1 heterocycles. The van der Waals surface area contributed by atoms with Gasteiger partial charge in [-0.25, -0.2) is 8.78 Å². The molecule has 0 aromatic heterocycles. The van der Waals surface area contributed by atoms with E-state index in [0.717, 1.165) is 12.1 Å². The first-order valence-corrected chi connectivity index (χ1v) is 4.68. The van der Waals surface area contributed by atoms with Gasteiger partial charge in [-0.1, -0.05) is 6.07 Å². The summed E-state index contributed by atoms with van der Waals surface area (Å²) in [6, 6.07) is 5.71. The van der Waals surface area contributed by atoms with Crippen LogP contribution in [0.3, 0.4) is 0 Å². The van der Waals surface area contributed by atoms with Gasteiger partial charge in [0.1, 0.15) is 0 Å².